The summed E-state index contributed by atoms with van der Waals surface area (Å²) in [5.74, 6) is 0.0529. The summed E-state index contributed by atoms with van der Waals surface area (Å²) in [6, 6.07) is 15.6. The Morgan fingerprint density at radius 1 is 1.04 bits per heavy atom. The lowest BCUT2D eigenvalue weighted by atomic mass is 10.1. The highest BCUT2D eigenvalue weighted by Crippen LogP contribution is 2.31. The van der Waals surface area contributed by atoms with Crippen molar-refractivity contribution in [3.63, 3.8) is 0 Å². The number of hydrogen-bond donors (Lipinski definition) is 0. The summed E-state index contributed by atoms with van der Waals surface area (Å²) >= 11 is 1.48. The molecule has 7 heteroatoms. The van der Waals surface area contributed by atoms with Gasteiger partial charge in [0.25, 0.3) is 5.91 Å². The summed E-state index contributed by atoms with van der Waals surface area (Å²) in [4.78, 5) is 15.1. The molecule has 0 saturated carbocycles. The monoisotopic (exact) mass is 333 g/mol. The molecule has 116 valence electrons. The Morgan fingerprint density at radius 2 is 1.88 bits per heavy atom. The van der Waals surface area contributed by atoms with Gasteiger partial charge in [-0.05, 0) is 35.9 Å². The lowest BCUT2D eigenvalue weighted by molar-refractivity contribution is 0.0996. The van der Waals surface area contributed by atoms with Crippen LogP contribution in [0.25, 0.3) is 15.5 Å². The number of carbonyl (C=O) groups excluding carboxylic acids is 1. The van der Waals surface area contributed by atoms with E-state index in [1.807, 2.05) is 48.5 Å². The molecule has 3 heterocycles. The average Bonchev–Trinajstić information content (AvgIpc) is 3.29. The number of rotatable bonds is 2. The zero-order valence-corrected chi connectivity index (χ0v) is 13.3. The van der Waals surface area contributed by atoms with Gasteiger partial charge in [0, 0.05) is 16.8 Å². The van der Waals surface area contributed by atoms with Gasteiger partial charge < -0.3 is 4.90 Å². The number of aromatic nitrogens is 4. The van der Waals surface area contributed by atoms with Crippen LogP contribution in [-0.4, -0.2) is 25.7 Å². The molecule has 1 amide bonds. The number of benzene rings is 2. The average molecular weight is 333 g/mol. The summed E-state index contributed by atoms with van der Waals surface area (Å²) in [6.07, 6.45) is 1.59. The first-order chi connectivity index (χ1) is 11.8. The molecule has 0 atom stereocenters. The van der Waals surface area contributed by atoms with Crippen molar-refractivity contribution in [1.82, 2.24) is 19.8 Å². The molecule has 0 spiro atoms. The zero-order chi connectivity index (χ0) is 16.1. The molecule has 24 heavy (non-hydrogen) atoms. The number of nitrogens with zero attached hydrogens (tertiary/aromatic N) is 5. The molecule has 1 aliphatic heterocycles. The predicted molar refractivity (Wildman–Crippen MR) is 91.1 cm³/mol. The third kappa shape index (κ3) is 1.95. The van der Waals surface area contributed by atoms with Gasteiger partial charge in [0.2, 0.25) is 4.96 Å². The topological polar surface area (TPSA) is 63.4 Å². The van der Waals surface area contributed by atoms with E-state index in [9.17, 15) is 4.79 Å². The maximum atomic E-state index is 12.5. The lowest BCUT2D eigenvalue weighted by Gasteiger charge is -2.15. The van der Waals surface area contributed by atoms with E-state index in [-0.39, 0.29) is 5.91 Å². The maximum Gasteiger partial charge on any atom is 0.258 e. The largest absolute Gasteiger partial charge is 0.304 e. The number of fused-ring (bicyclic) bond motifs is 2. The van der Waals surface area contributed by atoms with Crippen LogP contribution in [0.3, 0.4) is 0 Å². The van der Waals surface area contributed by atoms with E-state index < -0.39 is 0 Å². The fraction of sp³-hybridized carbons (Fsp3) is 0.0588. The second kappa shape index (κ2) is 4.97. The first-order valence-electron chi connectivity index (χ1n) is 7.47. The Kier molecular flexibility index (Phi) is 2.77. The second-order valence-electron chi connectivity index (χ2n) is 5.56. The SMILES string of the molecule is O=C1c2ccccc2CN1c1ccc(-c2nn3cnnc3s2)cc1. The second-order valence-corrected chi connectivity index (χ2v) is 6.52. The van der Waals surface area contributed by atoms with E-state index >= 15 is 0 Å². The van der Waals surface area contributed by atoms with Gasteiger partial charge in [0.05, 0.1) is 6.54 Å². The molecule has 4 aromatic rings. The van der Waals surface area contributed by atoms with Gasteiger partial charge in [-0.1, -0.05) is 29.5 Å². The molecule has 0 unspecified atom stereocenters. The van der Waals surface area contributed by atoms with Crippen molar-refractivity contribution in [2.75, 3.05) is 4.90 Å². The number of amides is 1. The molecule has 0 bridgehead atoms. The molecule has 5 rings (SSSR count). The minimum absolute atomic E-state index is 0.0529. The third-order valence-electron chi connectivity index (χ3n) is 4.13. The molecule has 2 aromatic heterocycles. The van der Waals surface area contributed by atoms with E-state index in [0.29, 0.717) is 6.54 Å². The fourth-order valence-electron chi connectivity index (χ4n) is 2.92. The smallest absolute Gasteiger partial charge is 0.258 e. The van der Waals surface area contributed by atoms with Gasteiger partial charge in [-0.2, -0.15) is 9.61 Å². The van der Waals surface area contributed by atoms with Crippen LogP contribution >= 0.6 is 11.3 Å². The molecule has 0 saturated heterocycles. The number of carbonyl (C=O) groups is 1. The van der Waals surface area contributed by atoms with E-state index in [2.05, 4.69) is 15.3 Å². The highest BCUT2D eigenvalue weighted by atomic mass is 32.1. The van der Waals surface area contributed by atoms with Crippen LogP contribution in [0.1, 0.15) is 15.9 Å². The summed E-state index contributed by atoms with van der Waals surface area (Å²) < 4.78 is 1.66. The normalized spacial score (nSPS) is 13.7. The van der Waals surface area contributed by atoms with Crippen molar-refractivity contribution in [1.29, 1.82) is 0 Å². The summed E-state index contributed by atoms with van der Waals surface area (Å²) in [7, 11) is 0. The van der Waals surface area contributed by atoms with Crippen LogP contribution in [0, 0.1) is 0 Å². The first-order valence-corrected chi connectivity index (χ1v) is 8.28. The van der Waals surface area contributed by atoms with Crippen LogP contribution in [0.5, 0.6) is 0 Å². The summed E-state index contributed by atoms with van der Waals surface area (Å²) in [5, 5.41) is 13.1. The highest BCUT2D eigenvalue weighted by molar-refractivity contribution is 7.19. The first kappa shape index (κ1) is 13.4. The van der Waals surface area contributed by atoms with Gasteiger partial charge >= 0.3 is 0 Å². The molecule has 6 nitrogen and oxygen atoms in total. The summed E-state index contributed by atoms with van der Waals surface area (Å²) in [6.45, 7) is 0.616. The Bertz CT molecular complexity index is 1040. The maximum absolute atomic E-state index is 12.5. The van der Waals surface area contributed by atoms with Gasteiger partial charge in [-0.3, -0.25) is 4.79 Å². The zero-order valence-electron chi connectivity index (χ0n) is 12.5. The van der Waals surface area contributed by atoms with Crippen LogP contribution in [-0.2, 0) is 6.54 Å². The van der Waals surface area contributed by atoms with Gasteiger partial charge in [-0.25, -0.2) is 0 Å². The molecule has 0 fully saturated rings. The van der Waals surface area contributed by atoms with Gasteiger partial charge in [-0.15, -0.1) is 10.2 Å². The van der Waals surface area contributed by atoms with Crippen LogP contribution in [0.4, 0.5) is 5.69 Å². The Hall–Kier alpha value is -3.06. The van der Waals surface area contributed by atoms with Gasteiger partial charge in [0.15, 0.2) is 0 Å². The Labute approximate surface area is 141 Å². The standard InChI is InChI=1S/C17H11N5OS/c23-16-14-4-2-1-3-12(14)9-21(16)13-7-5-11(6-8-13)15-20-22-10-18-19-17(22)24-15/h1-8,10H,9H2. The molecule has 1 aliphatic rings. The van der Waals surface area contributed by atoms with E-state index in [1.54, 1.807) is 15.7 Å². The van der Waals surface area contributed by atoms with Crippen molar-refractivity contribution in [3.05, 3.63) is 66.0 Å². The molecular weight excluding hydrogens is 322 g/mol. The highest BCUT2D eigenvalue weighted by Gasteiger charge is 2.27. The van der Waals surface area contributed by atoms with E-state index in [1.165, 1.54) is 11.3 Å². The third-order valence-corrected chi connectivity index (χ3v) is 5.10. The molecule has 2 aromatic carbocycles. The van der Waals surface area contributed by atoms with Crippen molar-refractivity contribution in [3.8, 4) is 10.6 Å². The van der Waals surface area contributed by atoms with Crippen molar-refractivity contribution in [2.24, 2.45) is 0 Å². The summed E-state index contributed by atoms with van der Waals surface area (Å²) in [5.41, 5.74) is 3.75. The Morgan fingerprint density at radius 3 is 2.67 bits per heavy atom. The lowest BCUT2D eigenvalue weighted by Crippen LogP contribution is -2.22. The van der Waals surface area contributed by atoms with Crippen LogP contribution < -0.4 is 4.90 Å². The molecular formula is C17H11N5OS. The van der Waals surface area contributed by atoms with Crippen LogP contribution in [0.15, 0.2) is 54.9 Å². The van der Waals surface area contributed by atoms with E-state index in [4.69, 9.17) is 0 Å². The van der Waals surface area contributed by atoms with Crippen molar-refractivity contribution >= 4 is 27.9 Å². The quantitative estimate of drug-likeness (QED) is 0.566. The Balaban J connectivity index is 1.47. The molecule has 0 radical (unpaired) electrons. The predicted octanol–water partition coefficient (Wildman–Crippen LogP) is 3.01. The van der Waals surface area contributed by atoms with E-state index in [0.717, 1.165) is 32.3 Å². The fourth-order valence-corrected chi connectivity index (χ4v) is 3.75. The van der Waals surface area contributed by atoms with Crippen molar-refractivity contribution in [2.45, 2.75) is 6.54 Å². The minimum Gasteiger partial charge on any atom is -0.304 e. The number of hydrogen-bond acceptors (Lipinski definition) is 5. The van der Waals surface area contributed by atoms with Crippen molar-refractivity contribution < 1.29 is 4.79 Å². The molecule has 0 aliphatic carbocycles. The van der Waals surface area contributed by atoms with Crippen LogP contribution in [0.2, 0.25) is 0 Å². The number of anilines is 1. The molecule has 0 N–H and O–H groups in total. The van der Waals surface area contributed by atoms with Gasteiger partial charge in [0.1, 0.15) is 11.3 Å². The minimum atomic E-state index is 0.0529.